The number of esters is 1. The van der Waals surface area contributed by atoms with Gasteiger partial charge in [0.15, 0.2) is 0 Å². The molecular formula is C19H17ClN2O2. The molecule has 3 aromatic rings. The Labute approximate surface area is 144 Å². The number of H-pyrrole nitrogens is 1. The zero-order valence-corrected chi connectivity index (χ0v) is 13.9. The highest BCUT2D eigenvalue weighted by Crippen LogP contribution is 2.35. The van der Waals surface area contributed by atoms with E-state index in [1.165, 1.54) is 7.11 Å². The lowest BCUT2D eigenvalue weighted by Gasteiger charge is -2.30. The van der Waals surface area contributed by atoms with Crippen molar-refractivity contribution >= 4 is 28.5 Å². The maximum absolute atomic E-state index is 12.2. The Kier molecular flexibility index (Phi) is 3.79. The summed E-state index contributed by atoms with van der Waals surface area (Å²) in [6.07, 6.45) is 0.600. The van der Waals surface area contributed by atoms with E-state index in [4.69, 9.17) is 16.3 Å². The van der Waals surface area contributed by atoms with E-state index in [9.17, 15) is 4.79 Å². The average Bonchev–Trinajstić information content (AvgIpc) is 2.99. The van der Waals surface area contributed by atoms with Gasteiger partial charge in [-0.3, -0.25) is 10.1 Å². The van der Waals surface area contributed by atoms with Gasteiger partial charge in [-0.05, 0) is 29.3 Å². The topological polar surface area (TPSA) is 54.1 Å². The summed E-state index contributed by atoms with van der Waals surface area (Å²) in [6.45, 7) is 0. The fourth-order valence-electron chi connectivity index (χ4n) is 3.48. The minimum atomic E-state index is -0.384. The number of methoxy groups -OCH3 is 1. The number of carbonyl (C=O) groups is 1. The smallest absolute Gasteiger partial charge is 0.323 e. The predicted octanol–water partition coefficient (Wildman–Crippen LogP) is 3.60. The summed E-state index contributed by atoms with van der Waals surface area (Å²) in [5.41, 5.74) is 4.33. The van der Waals surface area contributed by atoms with Crippen LogP contribution in [0, 0.1) is 0 Å². The van der Waals surface area contributed by atoms with Crippen LogP contribution in [0.2, 0.25) is 5.02 Å². The molecule has 0 saturated heterocycles. The first-order valence-corrected chi connectivity index (χ1v) is 8.24. The molecule has 2 heterocycles. The van der Waals surface area contributed by atoms with Crippen LogP contribution >= 0.6 is 11.6 Å². The minimum Gasteiger partial charge on any atom is -0.468 e. The molecule has 0 amide bonds. The van der Waals surface area contributed by atoms with Gasteiger partial charge in [-0.25, -0.2) is 0 Å². The van der Waals surface area contributed by atoms with E-state index >= 15 is 0 Å². The van der Waals surface area contributed by atoms with Gasteiger partial charge >= 0.3 is 5.97 Å². The first kappa shape index (κ1) is 15.2. The molecule has 1 aliphatic heterocycles. The molecule has 122 valence electrons. The number of hydrogen-bond donors (Lipinski definition) is 2. The third kappa shape index (κ3) is 2.48. The van der Waals surface area contributed by atoms with Crippen LogP contribution in [-0.4, -0.2) is 24.1 Å². The quantitative estimate of drug-likeness (QED) is 0.701. The van der Waals surface area contributed by atoms with Crippen LogP contribution in [0.25, 0.3) is 10.9 Å². The molecule has 2 N–H and O–H groups in total. The van der Waals surface area contributed by atoms with E-state index in [0.29, 0.717) is 11.4 Å². The molecular weight excluding hydrogens is 324 g/mol. The van der Waals surface area contributed by atoms with Gasteiger partial charge in [0.25, 0.3) is 0 Å². The van der Waals surface area contributed by atoms with Crippen molar-refractivity contribution in [3.63, 3.8) is 0 Å². The number of hydrogen-bond acceptors (Lipinski definition) is 3. The first-order valence-electron chi connectivity index (χ1n) is 7.86. The van der Waals surface area contributed by atoms with Crippen LogP contribution < -0.4 is 5.32 Å². The lowest BCUT2D eigenvalue weighted by Crippen LogP contribution is -2.45. The molecule has 0 unspecified atom stereocenters. The van der Waals surface area contributed by atoms with Gasteiger partial charge < -0.3 is 9.72 Å². The minimum absolute atomic E-state index is 0.135. The number of ether oxygens (including phenoxy) is 1. The number of rotatable bonds is 2. The monoisotopic (exact) mass is 340 g/mol. The molecule has 24 heavy (non-hydrogen) atoms. The highest BCUT2D eigenvalue weighted by Gasteiger charge is 2.34. The summed E-state index contributed by atoms with van der Waals surface area (Å²) in [6, 6.07) is 15.3. The number of fused-ring (bicyclic) bond motifs is 3. The van der Waals surface area contributed by atoms with Crippen LogP contribution in [0.5, 0.6) is 0 Å². The van der Waals surface area contributed by atoms with Crippen molar-refractivity contribution in [3.8, 4) is 0 Å². The predicted molar refractivity (Wildman–Crippen MR) is 94.2 cm³/mol. The highest BCUT2D eigenvalue weighted by atomic mass is 35.5. The second-order valence-corrected chi connectivity index (χ2v) is 6.43. The van der Waals surface area contributed by atoms with Gasteiger partial charge in [0.05, 0.1) is 13.2 Å². The molecule has 0 fully saturated rings. The molecule has 0 aliphatic carbocycles. The summed E-state index contributed by atoms with van der Waals surface area (Å²) in [5.74, 6) is -0.252. The van der Waals surface area contributed by atoms with Crippen LogP contribution in [0.3, 0.4) is 0 Å². The second kappa shape index (κ2) is 5.96. The van der Waals surface area contributed by atoms with Crippen molar-refractivity contribution in [1.82, 2.24) is 10.3 Å². The van der Waals surface area contributed by atoms with Crippen molar-refractivity contribution in [2.45, 2.75) is 18.5 Å². The van der Waals surface area contributed by atoms with Crippen molar-refractivity contribution in [2.75, 3.05) is 7.11 Å². The Morgan fingerprint density at radius 1 is 1.21 bits per heavy atom. The Morgan fingerprint density at radius 3 is 2.83 bits per heavy atom. The molecule has 0 spiro atoms. The number of aromatic nitrogens is 1. The van der Waals surface area contributed by atoms with Crippen molar-refractivity contribution < 1.29 is 9.53 Å². The highest BCUT2D eigenvalue weighted by molar-refractivity contribution is 6.30. The normalized spacial score (nSPS) is 19.9. The van der Waals surface area contributed by atoms with Gasteiger partial charge in [0.2, 0.25) is 0 Å². The third-order valence-electron chi connectivity index (χ3n) is 4.58. The first-order chi connectivity index (χ1) is 11.7. The maximum atomic E-state index is 12.2. The second-order valence-electron chi connectivity index (χ2n) is 6.00. The summed E-state index contributed by atoms with van der Waals surface area (Å²) < 4.78 is 4.96. The lowest BCUT2D eigenvalue weighted by molar-refractivity contribution is -0.143. The number of para-hydroxylation sites is 1. The summed E-state index contributed by atoms with van der Waals surface area (Å²) >= 11 is 6.17. The largest absolute Gasteiger partial charge is 0.468 e. The molecule has 4 nitrogen and oxygen atoms in total. The van der Waals surface area contributed by atoms with Gasteiger partial charge in [-0.1, -0.05) is 41.9 Å². The summed E-state index contributed by atoms with van der Waals surface area (Å²) in [4.78, 5) is 15.7. The zero-order valence-electron chi connectivity index (χ0n) is 13.2. The van der Waals surface area contributed by atoms with E-state index in [0.717, 1.165) is 27.7 Å². The van der Waals surface area contributed by atoms with E-state index in [-0.39, 0.29) is 18.1 Å². The third-order valence-corrected chi connectivity index (χ3v) is 4.81. The standard InChI is InChI=1S/C19H17ClN2O2/c1-24-19(23)16-10-14-13-7-2-3-8-15(13)21-18(14)17(22-16)11-5-4-6-12(20)9-11/h2-9,16-17,21-22H,10H2,1H3/t16-,17+/m0/s1. The van der Waals surface area contributed by atoms with Gasteiger partial charge in [-0.2, -0.15) is 0 Å². The maximum Gasteiger partial charge on any atom is 0.323 e. The van der Waals surface area contributed by atoms with Gasteiger partial charge in [-0.15, -0.1) is 0 Å². The molecule has 5 heteroatoms. The number of aromatic amines is 1. The fourth-order valence-corrected chi connectivity index (χ4v) is 3.68. The number of halogens is 1. The Morgan fingerprint density at radius 2 is 2.04 bits per heavy atom. The SMILES string of the molecule is COC(=O)[C@@H]1Cc2c([nH]c3ccccc23)[C@@H](c2cccc(Cl)c2)N1. The molecule has 0 radical (unpaired) electrons. The molecule has 0 bridgehead atoms. The van der Waals surface area contributed by atoms with Crippen LogP contribution in [0.1, 0.15) is 22.9 Å². The molecule has 1 aliphatic rings. The average molecular weight is 341 g/mol. The Hall–Kier alpha value is -2.30. The van der Waals surface area contributed by atoms with Crippen LogP contribution in [0.4, 0.5) is 0 Å². The molecule has 1 aromatic heterocycles. The number of nitrogens with one attached hydrogen (secondary N) is 2. The van der Waals surface area contributed by atoms with Crippen molar-refractivity contribution in [1.29, 1.82) is 0 Å². The van der Waals surface area contributed by atoms with Crippen LogP contribution in [0.15, 0.2) is 48.5 Å². The number of benzene rings is 2. The van der Waals surface area contributed by atoms with E-state index in [1.807, 2.05) is 36.4 Å². The molecule has 0 saturated carbocycles. The molecule has 2 aromatic carbocycles. The van der Waals surface area contributed by atoms with E-state index in [2.05, 4.69) is 22.4 Å². The molecule has 2 atom stereocenters. The number of carbonyl (C=O) groups excluding carboxylic acids is 1. The van der Waals surface area contributed by atoms with E-state index in [1.54, 1.807) is 0 Å². The van der Waals surface area contributed by atoms with Gasteiger partial charge in [0.1, 0.15) is 6.04 Å². The van der Waals surface area contributed by atoms with Crippen LogP contribution in [-0.2, 0) is 16.0 Å². The lowest BCUT2D eigenvalue weighted by atomic mass is 9.90. The Bertz CT molecular complexity index is 919. The van der Waals surface area contributed by atoms with Crippen molar-refractivity contribution in [3.05, 3.63) is 70.4 Å². The van der Waals surface area contributed by atoms with E-state index < -0.39 is 0 Å². The fraction of sp³-hybridized carbons (Fsp3) is 0.211. The van der Waals surface area contributed by atoms with Crippen molar-refractivity contribution in [2.24, 2.45) is 0 Å². The van der Waals surface area contributed by atoms with Gasteiger partial charge in [0, 0.05) is 28.0 Å². The Balaban J connectivity index is 1.88. The zero-order chi connectivity index (χ0) is 16.7. The summed E-state index contributed by atoms with van der Waals surface area (Å²) in [5, 5.41) is 5.22. The molecule has 4 rings (SSSR count). The summed E-state index contributed by atoms with van der Waals surface area (Å²) in [7, 11) is 1.42.